The lowest BCUT2D eigenvalue weighted by molar-refractivity contribution is 0.0384. The molecule has 1 aromatic heterocycles. The van der Waals surface area contributed by atoms with Crippen LogP contribution in [0.4, 0.5) is 5.69 Å². The lowest BCUT2D eigenvalue weighted by atomic mass is 9.91. The van der Waals surface area contributed by atoms with E-state index in [-0.39, 0.29) is 24.1 Å². The first-order valence-electron chi connectivity index (χ1n) is 11.0. The van der Waals surface area contributed by atoms with E-state index < -0.39 is 0 Å². The van der Waals surface area contributed by atoms with E-state index in [1.807, 2.05) is 12.1 Å². The van der Waals surface area contributed by atoms with Gasteiger partial charge in [-0.25, -0.2) is 4.98 Å². The second kappa shape index (κ2) is 11.3. The van der Waals surface area contributed by atoms with E-state index in [4.69, 9.17) is 10.00 Å². The number of carbonyl (C=O) groups is 1. The van der Waals surface area contributed by atoms with Gasteiger partial charge in [0, 0.05) is 30.9 Å². The molecule has 1 fully saturated rings. The number of rotatable bonds is 6. The SMILES string of the molecule is Cc1nc(C(=O)Nc2ccc(CCN3CCOCC3)cc2C2=CCCCC2)[nH]c1C#N.Cl. The van der Waals surface area contributed by atoms with Crippen LogP contribution in [0.2, 0.25) is 0 Å². The summed E-state index contributed by atoms with van der Waals surface area (Å²) in [6.07, 6.45) is 7.74. The number of imidazole rings is 1. The maximum Gasteiger partial charge on any atom is 0.291 e. The van der Waals surface area contributed by atoms with Gasteiger partial charge in [-0.1, -0.05) is 12.1 Å². The molecule has 0 saturated carbocycles. The van der Waals surface area contributed by atoms with Gasteiger partial charge in [0.25, 0.3) is 5.91 Å². The van der Waals surface area contributed by atoms with Crippen LogP contribution in [0.5, 0.6) is 0 Å². The van der Waals surface area contributed by atoms with Gasteiger partial charge < -0.3 is 15.0 Å². The minimum atomic E-state index is -0.330. The number of hydrogen-bond donors (Lipinski definition) is 2. The lowest BCUT2D eigenvalue weighted by Gasteiger charge is -2.26. The van der Waals surface area contributed by atoms with Gasteiger partial charge >= 0.3 is 0 Å². The molecular weight excluding hydrogens is 426 g/mol. The van der Waals surface area contributed by atoms with Crippen LogP contribution >= 0.6 is 12.4 Å². The highest BCUT2D eigenvalue weighted by Crippen LogP contribution is 2.33. The standard InChI is InChI=1S/C24H29N5O2.ClH/c1-17-22(16-25)27-23(26-17)24(30)28-21-8-7-18(9-10-29-11-13-31-14-12-29)15-20(21)19-5-3-2-4-6-19;/h5,7-8,15H,2-4,6,9-14H2,1H3,(H,26,27)(H,28,30);1H. The van der Waals surface area contributed by atoms with Crippen LogP contribution < -0.4 is 5.32 Å². The normalized spacial score (nSPS) is 16.6. The zero-order valence-electron chi connectivity index (χ0n) is 18.4. The maximum absolute atomic E-state index is 12.8. The number of aromatic nitrogens is 2. The first-order chi connectivity index (χ1) is 15.1. The number of nitrogens with zero attached hydrogens (tertiary/aromatic N) is 3. The lowest BCUT2D eigenvalue weighted by Crippen LogP contribution is -2.37. The van der Waals surface area contributed by atoms with Crippen molar-refractivity contribution in [2.75, 3.05) is 38.2 Å². The van der Waals surface area contributed by atoms with Gasteiger partial charge in [0.15, 0.2) is 5.82 Å². The molecular formula is C24H30ClN5O2. The van der Waals surface area contributed by atoms with Crippen molar-refractivity contribution in [2.45, 2.75) is 39.0 Å². The highest BCUT2D eigenvalue weighted by Gasteiger charge is 2.18. The number of hydrogen-bond acceptors (Lipinski definition) is 5. The van der Waals surface area contributed by atoms with E-state index in [1.54, 1.807) is 6.92 Å². The molecule has 1 saturated heterocycles. The number of carbonyl (C=O) groups excluding carboxylic acids is 1. The van der Waals surface area contributed by atoms with Crippen LogP contribution in [0, 0.1) is 18.3 Å². The fraction of sp³-hybridized carbons (Fsp3) is 0.458. The van der Waals surface area contributed by atoms with Crippen molar-refractivity contribution in [3.8, 4) is 6.07 Å². The van der Waals surface area contributed by atoms with Gasteiger partial charge in [0.05, 0.1) is 18.9 Å². The maximum atomic E-state index is 12.8. The summed E-state index contributed by atoms with van der Waals surface area (Å²) < 4.78 is 5.44. The van der Waals surface area contributed by atoms with Gasteiger partial charge in [0.1, 0.15) is 11.8 Å². The Morgan fingerprint density at radius 2 is 2.12 bits per heavy atom. The van der Waals surface area contributed by atoms with E-state index in [9.17, 15) is 4.79 Å². The topological polar surface area (TPSA) is 94.0 Å². The van der Waals surface area contributed by atoms with Crippen LogP contribution in [-0.4, -0.2) is 53.6 Å². The Labute approximate surface area is 195 Å². The summed E-state index contributed by atoms with van der Waals surface area (Å²) in [4.78, 5) is 22.2. The molecule has 1 amide bonds. The van der Waals surface area contributed by atoms with E-state index in [0.29, 0.717) is 11.4 Å². The molecule has 4 rings (SSSR count). The zero-order valence-corrected chi connectivity index (χ0v) is 19.3. The smallest absolute Gasteiger partial charge is 0.291 e. The Morgan fingerprint density at radius 3 is 2.81 bits per heavy atom. The van der Waals surface area contributed by atoms with E-state index in [1.165, 1.54) is 24.0 Å². The predicted molar refractivity (Wildman–Crippen MR) is 127 cm³/mol. The Balaban J connectivity index is 0.00000289. The number of benzene rings is 1. The molecule has 1 aliphatic carbocycles. The number of aromatic amines is 1. The van der Waals surface area contributed by atoms with Crippen LogP contribution in [-0.2, 0) is 11.2 Å². The largest absolute Gasteiger partial charge is 0.379 e. The molecule has 1 aromatic carbocycles. The number of anilines is 1. The monoisotopic (exact) mass is 455 g/mol. The molecule has 2 heterocycles. The van der Waals surface area contributed by atoms with E-state index in [0.717, 1.165) is 63.4 Å². The molecule has 8 heteroatoms. The minimum Gasteiger partial charge on any atom is -0.379 e. The van der Waals surface area contributed by atoms with Gasteiger partial charge in [-0.2, -0.15) is 5.26 Å². The van der Waals surface area contributed by atoms with Crippen molar-refractivity contribution in [3.63, 3.8) is 0 Å². The van der Waals surface area contributed by atoms with Crippen LogP contribution in [0.25, 0.3) is 5.57 Å². The Hall–Kier alpha value is -2.66. The van der Waals surface area contributed by atoms with E-state index >= 15 is 0 Å². The Bertz CT molecular complexity index is 1020. The van der Waals surface area contributed by atoms with Crippen LogP contribution in [0.1, 0.15) is 58.8 Å². The number of ether oxygens (including phenoxy) is 1. The molecule has 0 bridgehead atoms. The molecule has 170 valence electrons. The third-order valence-corrected chi connectivity index (χ3v) is 6.00. The van der Waals surface area contributed by atoms with Gasteiger partial charge in [-0.05, 0) is 62.3 Å². The average Bonchev–Trinajstić information content (AvgIpc) is 3.20. The number of morpholine rings is 1. The number of amides is 1. The van der Waals surface area contributed by atoms with Crippen LogP contribution in [0.15, 0.2) is 24.3 Å². The van der Waals surface area contributed by atoms with Crippen molar-refractivity contribution in [1.29, 1.82) is 5.26 Å². The second-order valence-electron chi connectivity index (χ2n) is 8.17. The predicted octanol–water partition coefficient (Wildman–Crippen LogP) is 4.10. The third kappa shape index (κ3) is 5.77. The van der Waals surface area contributed by atoms with E-state index in [2.05, 4.69) is 38.4 Å². The molecule has 2 aliphatic rings. The number of nitrogens with one attached hydrogen (secondary N) is 2. The number of nitriles is 1. The highest BCUT2D eigenvalue weighted by atomic mass is 35.5. The minimum absolute atomic E-state index is 0. The summed E-state index contributed by atoms with van der Waals surface area (Å²) in [5, 5.41) is 12.1. The van der Waals surface area contributed by atoms with Crippen molar-refractivity contribution >= 4 is 29.6 Å². The van der Waals surface area contributed by atoms with Crippen molar-refractivity contribution in [2.24, 2.45) is 0 Å². The summed E-state index contributed by atoms with van der Waals surface area (Å²) >= 11 is 0. The third-order valence-electron chi connectivity index (χ3n) is 6.00. The van der Waals surface area contributed by atoms with Gasteiger partial charge in [-0.3, -0.25) is 9.69 Å². The van der Waals surface area contributed by atoms with Crippen molar-refractivity contribution < 1.29 is 9.53 Å². The number of H-pyrrole nitrogens is 1. The summed E-state index contributed by atoms with van der Waals surface area (Å²) in [5.74, 6) is -0.169. The fourth-order valence-electron chi connectivity index (χ4n) is 4.17. The molecule has 0 spiro atoms. The second-order valence-corrected chi connectivity index (χ2v) is 8.17. The summed E-state index contributed by atoms with van der Waals surface area (Å²) in [6, 6.07) is 8.34. The summed E-state index contributed by atoms with van der Waals surface area (Å²) in [7, 11) is 0. The van der Waals surface area contributed by atoms with Crippen LogP contribution in [0.3, 0.4) is 0 Å². The summed E-state index contributed by atoms with van der Waals surface area (Å²) in [6.45, 7) is 6.31. The van der Waals surface area contributed by atoms with Crippen molar-refractivity contribution in [1.82, 2.24) is 14.9 Å². The zero-order chi connectivity index (χ0) is 21.6. The first kappa shape index (κ1) is 24.0. The summed E-state index contributed by atoms with van der Waals surface area (Å²) in [5.41, 5.74) is 5.30. The average molecular weight is 456 g/mol. The molecule has 7 nitrogen and oxygen atoms in total. The fourth-order valence-corrected chi connectivity index (χ4v) is 4.17. The molecule has 2 aromatic rings. The molecule has 1 aliphatic heterocycles. The van der Waals surface area contributed by atoms with Crippen molar-refractivity contribution in [3.05, 3.63) is 52.6 Å². The quantitative estimate of drug-likeness (QED) is 0.684. The molecule has 32 heavy (non-hydrogen) atoms. The number of aryl methyl sites for hydroxylation is 1. The Morgan fingerprint density at radius 1 is 1.31 bits per heavy atom. The molecule has 0 unspecified atom stereocenters. The molecule has 0 atom stereocenters. The van der Waals surface area contributed by atoms with Gasteiger partial charge in [-0.15, -0.1) is 12.4 Å². The highest BCUT2D eigenvalue weighted by molar-refractivity contribution is 6.03. The first-order valence-corrected chi connectivity index (χ1v) is 11.0. The number of allylic oxidation sites excluding steroid dienone is 2. The van der Waals surface area contributed by atoms with Gasteiger partial charge in [0.2, 0.25) is 0 Å². The Kier molecular flexibility index (Phi) is 8.46. The molecule has 0 radical (unpaired) electrons. The number of halogens is 1. The molecule has 2 N–H and O–H groups in total.